The molecule has 0 heterocycles. The maximum atomic E-state index is 13.3. The number of unbranched alkanes of at least 4 members (excludes halogenated alkanes) is 1. The molecular formula is C12H16ClFN2O. The van der Waals surface area contributed by atoms with Crippen LogP contribution >= 0.6 is 11.6 Å². The van der Waals surface area contributed by atoms with E-state index in [2.05, 4.69) is 10.6 Å². The Morgan fingerprint density at radius 3 is 2.88 bits per heavy atom. The van der Waals surface area contributed by atoms with Crippen LogP contribution < -0.4 is 10.6 Å². The first kappa shape index (κ1) is 13.8. The highest BCUT2D eigenvalue weighted by Gasteiger charge is 2.07. The Morgan fingerprint density at radius 1 is 1.47 bits per heavy atom. The fraction of sp³-hybridized carbons (Fsp3) is 0.417. The molecule has 5 heteroatoms. The van der Waals surface area contributed by atoms with Gasteiger partial charge < -0.3 is 10.6 Å². The van der Waals surface area contributed by atoms with E-state index in [-0.39, 0.29) is 23.2 Å². The van der Waals surface area contributed by atoms with Gasteiger partial charge in [-0.25, -0.2) is 4.39 Å². The van der Waals surface area contributed by atoms with Gasteiger partial charge in [0.05, 0.1) is 17.3 Å². The number of amides is 1. The number of para-hydroxylation sites is 1. The largest absolute Gasteiger partial charge is 0.373 e. The van der Waals surface area contributed by atoms with E-state index in [0.29, 0.717) is 6.54 Å². The zero-order chi connectivity index (χ0) is 12.7. The summed E-state index contributed by atoms with van der Waals surface area (Å²) in [6.45, 7) is 2.70. The van der Waals surface area contributed by atoms with Crippen molar-refractivity contribution in [3.05, 3.63) is 29.0 Å². The lowest BCUT2D eigenvalue weighted by Crippen LogP contribution is -2.30. The van der Waals surface area contributed by atoms with Gasteiger partial charge in [0.2, 0.25) is 5.91 Å². The number of halogens is 2. The van der Waals surface area contributed by atoms with Crippen LogP contribution in [0.2, 0.25) is 5.02 Å². The molecule has 3 nitrogen and oxygen atoms in total. The van der Waals surface area contributed by atoms with E-state index in [1.54, 1.807) is 6.07 Å². The van der Waals surface area contributed by atoms with Gasteiger partial charge in [-0.2, -0.15) is 0 Å². The van der Waals surface area contributed by atoms with Crippen LogP contribution in [-0.4, -0.2) is 19.0 Å². The number of benzene rings is 1. The van der Waals surface area contributed by atoms with Gasteiger partial charge in [-0.05, 0) is 18.6 Å². The minimum Gasteiger partial charge on any atom is -0.373 e. The Hall–Kier alpha value is -1.29. The van der Waals surface area contributed by atoms with Gasteiger partial charge in [-0.1, -0.05) is 31.0 Å². The van der Waals surface area contributed by atoms with Crippen molar-refractivity contribution in [3.63, 3.8) is 0 Å². The number of anilines is 1. The molecule has 0 aliphatic rings. The first-order valence-corrected chi connectivity index (χ1v) is 5.97. The molecule has 2 N–H and O–H groups in total. The van der Waals surface area contributed by atoms with E-state index < -0.39 is 5.82 Å². The SMILES string of the molecule is CCCCNC(=O)CNc1c(F)cccc1Cl. The number of nitrogens with one attached hydrogen (secondary N) is 2. The second-order valence-corrected chi connectivity index (χ2v) is 4.06. The van der Waals surface area contributed by atoms with E-state index in [9.17, 15) is 9.18 Å². The van der Waals surface area contributed by atoms with Crippen molar-refractivity contribution in [1.29, 1.82) is 0 Å². The van der Waals surface area contributed by atoms with Gasteiger partial charge in [0.1, 0.15) is 5.82 Å². The molecule has 1 aromatic rings. The molecule has 0 saturated heterocycles. The average molecular weight is 259 g/mol. The van der Waals surface area contributed by atoms with Crippen LogP contribution in [0.1, 0.15) is 19.8 Å². The van der Waals surface area contributed by atoms with Crippen molar-refractivity contribution >= 4 is 23.2 Å². The van der Waals surface area contributed by atoms with Crippen LogP contribution in [0, 0.1) is 5.82 Å². The van der Waals surface area contributed by atoms with Crippen molar-refractivity contribution < 1.29 is 9.18 Å². The maximum Gasteiger partial charge on any atom is 0.239 e. The fourth-order valence-corrected chi connectivity index (χ4v) is 1.53. The number of carbonyl (C=O) groups is 1. The van der Waals surface area contributed by atoms with Crippen LogP contribution in [0.4, 0.5) is 10.1 Å². The molecule has 0 spiro atoms. The summed E-state index contributed by atoms with van der Waals surface area (Å²) >= 11 is 5.81. The standard InChI is InChI=1S/C12H16ClFN2O/c1-2-3-7-15-11(17)8-16-12-9(13)5-4-6-10(12)14/h4-6,16H,2-3,7-8H2,1H3,(H,15,17). The Bertz CT molecular complexity index is 365. The van der Waals surface area contributed by atoms with Gasteiger partial charge in [-0.3, -0.25) is 4.79 Å². The summed E-state index contributed by atoms with van der Waals surface area (Å²) in [5, 5.41) is 5.68. The molecule has 1 amide bonds. The van der Waals surface area contributed by atoms with Gasteiger partial charge in [0.15, 0.2) is 0 Å². The second-order valence-electron chi connectivity index (χ2n) is 3.65. The van der Waals surface area contributed by atoms with Crippen molar-refractivity contribution in [1.82, 2.24) is 5.32 Å². The molecule has 17 heavy (non-hydrogen) atoms. The minimum atomic E-state index is -0.459. The quantitative estimate of drug-likeness (QED) is 0.771. The minimum absolute atomic E-state index is 0.0182. The summed E-state index contributed by atoms with van der Waals surface area (Å²) in [6, 6.07) is 4.38. The molecule has 0 aliphatic carbocycles. The number of carbonyl (C=O) groups excluding carboxylic acids is 1. The topological polar surface area (TPSA) is 41.1 Å². The molecular weight excluding hydrogens is 243 g/mol. The third-order valence-electron chi connectivity index (χ3n) is 2.24. The van der Waals surface area contributed by atoms with E-state index >= 15 is 0 Å². The highest BCUT2D eigenvalue weighted by Crippen LogP contribution is 2.23. The lowest BCUT2D eigenvalue weighted by atomic mass is 10.3. The van der Waals surface area contributed by atoms with E-state index in [1.807, 2.05) is 6.92 Å². The summed E-state index contributed by atoms with van der Waals surface area (Å²) in [5.74, 6) is -0.628. The first-order chi connectivity index (χ1) is 8.15. The van der Waals surface area contributed by atoms with Crippen LogP contribution in [0.25, 0.3) is 0 Å². The van der Waals surface area contributed by atoms with Crippen LogP contribution in [0.15, 0.2) is 18.2 Å². The van der Waals surface area contributed by atoms with Crippen LogP contribution in [0.3, 0.4) is 0 Å². The van der Waals surface area contributed by atoms with Gasteiger partial charge in [-0.15, -0.1) is 0 Å². The molecule has 0 saturated carbocycles. The van der Waals surface area contributed by atoms with Crippen molar-refractivity contribution in [2.24, 2.45) is 0 Å². The zero-order valence-electron chi connectivity index (χ0n) is 9.72. The summed E-state index contributed by atoms with van der Waals surface area (Å²) < 4.78 is 13.3. The van der Waals surface area contributed by atoms with Gasteiger partial charge >= 0.3 is 0 Å². The molecule has 94 valence electrons. The third kappa shape index (κ3) is 4.61. The van der Waals surface area contributed by atoms with Crippen molar-refractivity contribution in [2.45, 2.75) is 19.8 Å². The van der Waals surface area contributed by atoms with Crippen LogP contribution in [-0.2, 0) is 4.79 Å². The Kier molecular flexibility index (Phi) is 5.77. The molecule has 0 atom stereocenters. The Morgan fingerprint density at radius 2 is 2.24 bits per heavy atom. The van der Waals surface area contributed by atoms with Crippen molar-refractivity contribution in [3.8, 4) is 0 Å². The van der Waals surface area contributed by atoms with Crippen LogP contribution in [0.5, 0.6) is 0 Å². The summed E-state index contributed by atoms with van der Waals surface area (Å²) in [7, 11) is 0. The number of hydrogen-bond acceptors (Lipinski definition) is 2. The maximum absolute atomic E-state index is 13.3. The van der Waals surface area contributed by atoms with Gasteiger partial charge in [0.25, 0.3) is 0 Å². The fourth-order valence-electron chi connectivity index (χ4n) is 1.30. The van der Waals surface area contributed by atoms with Gasteiger partial charge in [0, 0.05) is 6.54 Å². The Balaban J connectivity index is 2.42. The predicted octanol–water partition coefficient (Wildman–Crippen LogP) is 2.81. The lowest BCUT2D eigenvalue weighted by Gasteiger charge is -2.09. The summed E-state index contributed by atoms with van der Waals surface area (Å²) in [4.78, 5) is 11.4. The molecule has 0 aliphatic heterocycles. The average Bonchev–Trinajstić information content (AvgIpc) is 2.29. The number of hydrogen-bond donors (Lipinski definition) is 2. The lowest BCUT2D eigenvalue weighted by molar-refractivity contribution is -0.119. The summed E-state index contributed by atoms with van der Waals surface area (Å²) in [6.07, 6.45) is 1.96. The van der Waals surface area contributed by atoms with E-state index in [4.69, 9.17) is 11.6 Å². The third-order valence-corrected chi connectivity index (χ3v) is 2.56. The normalized spacial score (nSPS) is 10.1. The van der Waals surface area contributed by atoms with E-state index in [0.717, 1.165) is 12.8 Å². The smallest absolute Gasteiger partial charge is 0.239 e. The molecule has 1 rings (SSSR count). The molecule has 0 aromatic heterocycles. The highest BCUT2D eigenvalue weighted by molar-refractivity contribution is 6.33. The summed E-state index contributed by atoms with van der Waals surface area (Å²) in [5.41, 5.74) is 0.166. The molecule has 0 bridgehead atoms. The zero-order valence-corrected chi connectivity index (χ0v) is 10.5. The predicted molar refractivity (Wildman–Crippen MR) is 67.8 cm³/mol. The molecule has 0 fully saturated rings. The highest BCUT2D eigenvalue weighted by atomic mass is 35.5. The van der Waals surface area contributed by atoms with E-state index in [1.165, 1.54) is 12.1 Å². The second kappa shape index (κ2) is 7.12. The monoisotopic (exact) mass is 258 g/mol. The Labute approximate surface area is 105 Å². The molecule has 1 aromatic carbocycles. The first-order valence-electron chi connectivity index (χ1n) is 5.59. The molecule has 0 unspecified atom stereocenters. The molecule has 0 radical (unpaired) electrons. The van der Waals surface area contributed by atoms with Crippen molar-refractivity contribution in [2.75, 3.05) is 18.4 Å². The number of rotatable bonds is 6.